The van der Waals surface area contributed by atoms with Crippen LogP contribution in [-0.4, -0.2) is 79.9 Å². The minimum Gasteiger partial charge on any atom is -0.481 e. The standard InChI is InChI=1S/C24H31N7O8/c25-15(10-20(33)34)21(35)30-18(9-14-11-27-12-28-14)23(37)31-17(8-13-4-2-1-3-5-13)22(36)29-16(24(38)39)6-7-19(26)32/h1-5,11-12,15-18H,6-10,25H2,(H2,26,32)(H,27,28)(H,29,36)(H,30,35)(H,31,37)(H,33,34)(H,38,39). The van der Waals surface area contributed by atoms with Crippen molar-refractivity contribution >= 4 is 35.6 Å². The zero-order chi connectivity index (χ0) is 28.9. The lowest BCUT2D eigenvalue weighted by Crippen LogP contribution is -2.58. The van der Waals surface area contributed by atoms with E-state index >= 15 is 0 Å². The van der Waals surface area contributed by atoms with Gasteiger partial charge in [-0.3, -0.25) is 24.0 Å². The highest BCUT2D eigenvalue weighted by molar-refractivity contribution is 5.95. The minimum atomic E-state index is -1.45. The molecule has 0 saturated carbocycles. The Hall–Kier alpha value is -4.79. The van der Waals surface area contributed by atoms with E-state index in [0.717, 1.165) is 0 Å². The van der Waals surface area contributed by atoms with Crippen LogP contribution in [0.15, 0.2) is 42.9 Å². The van der Waals surface area contributed by atoms with Crippen LogP contribution in [0.5, 0.6) is 0 Å². The molecule has 0 radical (unpaired) electrons. The summed E-state index contributed by atoms with van der Waals surface area (Å²) in [5, 5.41) is 25.6. The molecule has 0 aliphatic carbocycles. The van der Waals surface area contributed by atoms with Crippen molar-refractivity contribution in [3.8, 4) is 0 Å². The number of nitrogens with one attached hydrogen (secondary N) is 4. The number of H-pyrrole nitrogens is 1. The van der Waals surface area contributed by atoms with Gasteiger partial charge in [-0.25, -0.2) is 9.78 Å². The van der Waals surface area contributed by atoms with Crippen LogP contribution in [0, 0.1) is 0 Å². The van der Waals surface area contributed by atoms with Crippen molar-refractivity contribution in [3.05, 3.63) is 54.1 Å². The highest BCUT2D eigenvalue weighted by Crippen LogP contribution is 2.07. The molecule has 0 fully saturated rings. The third-order valence-electron chi connectivity index (χ3n) is 5.55. The lowest BCUT2D eigenvalue weighted by Gasteiger charge is -2.25. The van der Waals surface area contributed by atoms with Gasteiger partial charge in [0.2, 0.25) is 23.6 Å². The van der Waals surface area contributed by atoms with Crippen LogP contribution in [0.25, 0.3) is 0 Å². The average molecular weight is 546 g/mol. The maximum atomic E-state index is 13.3. The first kappa shape index (κ1) is 30.4. The van der Waals surface area contributed by atoms with Crippen molar-refractivity contribution in [2.24, 2.45) is 11.5 Å². The van der Waals surface area contributed by atoms with Crippen molar-refractivity contribution in [2.45, 2.75) is 56.3 Å². The summed E-state index contributed by atoms with van der Waals surface area (Å²) in [6.45, 7) is 0. The molecule has 210 valence electrons. The molecule has 4 atom stereocenters. The summed E-state index contributed by atoms with van der Waals surface area (Å²) in [6, 6.07) is 3.09. The van der Waals surface area contributed by atoms with Crippen LogP contribution in [0.1, 0.15) is 30.5 Å². The number of nitrogens with two attached hydrogens (primary N) is 2. The van der Waals surface area contributed by atoms with Gasteiger partial charge >= 0.3 is 11.9 Å². The largest absolute Gasteiger partial charge is 0.481 e. The molecule has 0 aliphatic rings. The number of hydrogen-bond donors (Lipinski definition) is 8. The van der Waals surface area contributed by atoms with Crippen LogP contribution in [-0.2, 0) is 41.6 Å². The van der Waals surface area contributed by atoms with Gasteiger partial charge in [-0.2, -0.15) is 0 Å². The third kappa shape index (κ3) is 10.6. The Morgan fingerprint density at radius 1 is 0.872 bits per heavy atom. The number of carbonyl (C=O) groups excluding carboxylic acids is 4. The quantitative estimate of drug-likeness (QED) is 0.113. The van der Waals surface area contributed by atoms with Crippen LogP contribution < -0.4 is 27.4 Å². The second kappa shape index (κ2) is 14.8. The van der Waals surface area contributed by atoms with Crippen LogP contribution >= 0.6 is 0 Å². The number of amides is 4. The number of hydrogen-bond acceptors (Lipinski definition) is 8. The fraction of sp³-hybridized carbons (Fsp3) is 0.375. The normalized spacial score (nSPS) is 13.8. The number of carboxylic acids is 2. The predicted molar refractivity (Wildman–Crippen MR) is 135 cm³/mol. The number of carbonyl (C=O) groups is 6. The number of aromatic nitrogens is 2. The molecule has 0 spiro atoms. The SMILES string of the molecule is NC(=O)CCC(NC(=O)C(Cc1ccccc1)NC(=O)C(Cc1cnc[nH]1)NC(=O)C(N)CC(=O)O)C(=O)O. The van der Waals surface area contributed by atoms with E-state index in [1.807, 2.05) is 0 Å². The molecule has 15 heteroatoms. The Labute approximate surface area is 222 Å². The molecule has 4 unspecified atom stereocenters. The minimum absolute atomic E-state index is 0.0379. The van der Waals surface area contributed by atoms with Crippen molar-refractivity contribution in [1.29, 1.82) is 0 Å². The smallest absolute Gasteiger partial charge is 0.326 e. The summed E-state index contributed by atoms with van der Waals surface area (Å²) in [4.78, 5) is 79.3. The summed E-state index contributed by atoms with van der Waals surface area (Å²) in [7, 11) is 0. The van der Waals surface area contributed by atoms with Crippen molar-refractivity contribution in [1.82, 2.24) is 25.9 Å². The Morgan fingerprint density at radius 2 is 1.46 bits per heavy atom. The van der Waals surface area contributed by atoms with E-state index in [0.29, 0.717) is 11.3 Å². The predicted octanol–water partition coefficient (Wildman–Crippen LogP) is -2.20. The molecule has 1 heterocycles. The van der Waals surface area contributed by atoms with Gasteiger partial charge in [0.1, 0.15) is 18.1 Å². The molecule has 15 nitrogen and oxygen atoms in total. The first-order chi connectivity index (χ1) is 18.5. The fourth-order valence-corrected chi connectivity index (χ4v) is 3.53. The molecule has 1 aromatic carbocycles. The topological polar surface area (TPSA) is 260 Å². The summed E-state index contributed by atoms with van der Waals surface area (Å²) in [5.74, 6) is -6.03. The lowest BCUT2D eigenvalue weighted by molar-refractivity contribution is -0.142. The molecule has 0 bridgehead atoms. The van der Waals surface area contributed by atoms with Crippen LogP contribution in [0.4, 0.5) is 0 Å². The molecule has 2 aromatic rings. The molecular formula is C24H31N7O8. The molecular weight excluding hydrogens is 514 g/mol. The highest BCUT2D eigenvalue weighted by atomic mass is 16.4. The number of benzene rings is 1. The number of carboxylic acid groups (broad SMARTS) is 2. The lowest BCUT2D eigenvalue weighted by atomic mass is 10.0. The number of aliphatic carboxylic acids is 2. The summed E-state index contributed by atoms with van der Waals surface area (Å²) >= 11 is 0. The zero-order valence-electron chi connectivity index (χ0n) is 20.8. The van der Waals surface area contributed by atoms with Gasteiger partial charge < -0.3 is 42.6 Å². The Morgan fingerprint density at radius 3 is 2.00 bits per heavy atom. The Bertz CT molecular complexity index is 1160. The summed E-state index contributed by atoms with van der Waals surface area (Å²) in [5.41, 5.74) is 11.8. The average Bonchev–Trinajstić information content (AvgIpc) is 3.38. The Kier molecular flexibility index (Phi) is 11.6. The fourth-order valence-electron chi connectivity index (χ4n) is 3.53. The first-order valence-corrected chi connectivity index (χ1v) is 11.9. The molecule has 0 saturated heterocycles. The van der Waals surface area contributed by atoms with E-state index in [4.69, 9.17) is 16.6 Å². The van der Waals surface area contributed by atoms with E-state index in [1.54, 1.807) is 30.3 Å². The van der Waals surface area contributed by atoms with E-state index in [9.17, 15) is 33.9 Å². The maximum Gasteiger partial charge on any atom is 0.326 e. The maximum absolute atomic E-state index is 13.3. The number of nitrogens with zero attached hydrogens (tertiary/aromatic N) is 1. The molecule has 39 heavy (non-hydrogen) atoms. The highest BCUT2D eigenvalue weighted by Gasteiger charge is 2.31. The Balaban J connectivity index is 2.27. The van der Waals surface area contributed by atoms with Gasteiger partial charge in [0.05, 0.1) is 18.8 Å². The number of rotatable bonds is 16. The molecule has 10 N–H and O–H groups in total. The van der Waals surface area contributed by atoms with Gasteiger partial charge in [-0.05, 0) is 12.0 Å². The second-order valence-electron chi connectivity index (χ2n) is 8.70. The zero-order valence-corrected chi connectivity index (χ0v) is 20.8. The molecule has 2 rings (SSSR count). The van der Waals surface area contributed by atoms with Gasteiger partial charge in [0, 0.05) is 31.2 Å². The van der Waals surface area contributed by atoms with E-state index in [2.05, 4.69) is 25.9 Å². The molecule has 4 amide bonds. The summed E-state index contributed by atoms with van der Waals surface area (Å²) in [6.07, 6.45) is 1.40. The van der Waals surface area contributed by atoms with Gasteiger partial charge in [0.25, 0.3) is 0 Å². The van der Waals surface area contributed by atoms with Gasteiger partial charge in [0.15, 0.2) is 0 Å². The van der Waals surface area contributed by atoms with Crippen LogP contribution in [0.3, 0.4) is 0 Å². The van der Waals surface area contributed by atoms with Crippen molar-refractivity contribution < 1.29 is 39.0 Å². The van der Waals surface area contributed by atoms with Gasteiger partial charge in [-0.15, -0.1) is 0 Å². The monoisotopic (exact) mass is 545 g/mol. The van der Waals surface area contributed by atoms with E-state index in [-0.39, 0.29) is 25.7 Å². The first-order valence-electron chi connectivity index (χ1n) is 11.9. The van der Waals surface area contributed by atoms with E-state index < -0.39 is 66.2 Å². The molecule has 0 aliphatic heterocycles. The number of imidazole rings is 1. The van der Waals surface area contributed by atoms with Crippen molar-refractivity contribution in [3.63, 3.8) is 0 Å². The summed E-state index contributed by atoms with van der Waals surface area (Å²) < 4.78 is 0. The third-order valence-corrected chi connectivity index (χ3v) is 5.55. The number of aromatic amines is 1. The van der Waals surface area contributed by atoms with E-state index in [1.165, 1.54) is 12.5 Å². The second-order valence-corrected chi connectivity index (χ2v) is 8.70. The van der Waals surface area contributed by atoms with Gasteiger partial charge in [-0.1, -0.05) is 30.3 Å². The molecule has 1 aromatic heterocycles. The van der Waals surface area contributed by atoms with Crippen LogP contribution in [0.2, 0.25) is 0 Å². The number of primary amides is 1. The van der Waals surface area contributed by atoms with Crippen molar-refractivity contribution in [2.75, 3.05) is 0 Å².